The molecular weight excluding hydrogens is 395 g/mol. The fourth-order valence-corrected chi connectivity index (χ4v) is 2.81. The first-order valence-corrected chi connectivity index (χ1v) is 9.52. The van der Waals surface area contributed by atoms with E-state index in [0.29, 0.717) is 0 Å². The lowest BCUT2D eigenvalue weighted by atomic mass is 10.2. The van der Waals surface area contributed by atoms with Crippen LogP contribution in [-0.4, -0.2) is 64.1 Å². The summed E-state index contributed by atoms with van der Waals surface area (Å²) in [6, 6.07) is -3.41. The number of carbonyl (C=O) groups is 1. The van der Waals surface area contributed by atoms with Crippen molar-refractivity contribution in [1.82, 2.24) is 9.62 Å². The maximum Gasteiger partial charge on any atom is 0.221 e. The van der Waals surface area contributed by atoms with Gasteiger partial charge in [-0.1, -0.05) is 13.7 Å². The molecule has 29 heavy (non-hydrogen) atoms. The molecular formula is C20H33FN4O3S. The summed E-state index contributed by atoms with van der Waals surface area (Å²) >= 11 is 0. The third kappa shape index (κ3) is 8.67. The molecule has 0 saturated carbocycles. The Bertz CT molecular complexity index is 1510. The smallest absolute Gasteiger partial charge is 0.221 e. The molecule has 1 aliphatic heterocycles. The van der Waals surface area contributed by atoms with Gasteiger partial charge in [-0.2, -0.15) is 0 Å². The minimum Gasteiger partial charge on any atom is -0.369 e. The zero-order chi connectivity index (χ0) is 39.5. The molecule has 0 radical (unpaired) electrons. The maximum absolute atomic E-state index is 14.9. The standard InChI is InChI=1S/C20H33FN4O3S/c1-16(2)15-29(27,28)22-6-4-5-7-24-8-10-25(11-9-24)20-13-18(21)12-19(14-20)23-17(3)26/h12-14,16,22H,4-11,15H2,1-3H3,(H,23,26)/i1D3,2D3,3D3,6D,7D,8D,9D,12D,13D,14D,15D2,16D/hD2. The second-order valence-corrected chi connectivity index (χ2v) is 6.89. The summed E-state index contributed by atoms with van der Waals surface area (Å²) in [4.78, 5) is 14.0. The molecule has 9 heteroatoms. The van der Waals surface area contributed by atoms with Gasteiger partial charge in [0.2, 0.25) is 15.9 Å². The number of anilines is 2. The Labute approximate surface area is 203 Å². The molecule has 7 nitrogen and oxygen atoms in total. The summed E-state index contributed by atoms with van der Waals surface area (Å²) < 4.78 is 203. The Morgan fingerprint density at radius 2 is 2.17 bits per heavy atom. The van der Waals surface area contributed by atoms with Crippen LogP contribution in [0.4, 0.5) is 15.8 Å². The average Bonchev–Trinajstić information content (AvgIpc) is 2.95. The Morgan fingerprint density at radius 3 is 2.86 bits per heavy atom. The van der Waals surface area contributed by atoms with Crippen LogP contribution in [-0.2, 0) is 14.8 Å². The van der Waals surface area contributed by atoms with Crippen LogP contribution in [0.1, 0.15) is 59.4 Å². The highest BCUT2D eigenvalue weighted by atomic mass is 32.2. The van der Waals surface area contributed by atoms with Crippen LogP contribution in [0.5, 0.6) is 0 Å². The molecule has 1 aliphatic rings. The number of nitrogens with zero attached hydrogens (tertiary/aromatic N) is 2. The molecule has 1 amide bonds. The molecule has 164 valence electrons. The largest absolute Gasteiger partial charge is 0.369 e. The van der Waals surface area contributed by atoms with E-state index in [1.165, 1.54) is 0 Å². The van der Waals surface area contributed by atoms with Gasteiger partial charge in [0.25, 0.3) is 0 Å². The lowest BCUT2D eigenvalue weighted by Crippen LogP contribution is -2.46. The van der Waals surface area contributed by atoms with Crippen molar-refractivity contribution in [3.05, 3.63) is 23.9 Å². The predicted octanol–water partition coefficient (Wildman–Crippen LogP) is 2.26. The van der Waals surface area contributed by atoms with Gasteiger partial charge in [-0.3, -0.25) is 9.69 Å². The van der Waals surface area contributed by atoms with Gasteiger partial charge in [0.05, 0.1) is 9.82 Å². The molecule has 4 atom stereocenters. The van der Waals surface area contributed by atoms with Crippen molar-refractivity contribution < 1.29 is 46.5 Å². The molecule has 1 aromatic rings. The third-order valence-electron chi connectivity index (χ3n) is 3.33. The van der Waals surface area contributed by atoms with Crippen LogP contribution in [0.3, 0.4) is 0 Å². The highest BCUT2D eigenvalue weighted by molar-refractivity contribution is 7.89. The monoisotopic (exact) mass is 449 g/mol. The number of sulfonamides is 1. The molecule has 1 aromatic carbocycles. The summed E-state index contributed by atoms with van der Waals surface area (Å²) in [5.41, 5.74) is -6.29. The van der Waals surface area contributed by atoms with Gasteiger partial charge in [-0.15, -0.1) is 0 Å². The summed E-state index contributed by atoms with van der Waals surface area (Å²) in [5.74, 6) is -7.84. The molecule has 1 fully saturated rings. The Hall–Kier alpha value is -1.71. The molecule has 1 saturated heterocycles. The van der Waals surface area contributed by atoms with E-state index < -0.39 is 140 Å². The highest BCUT2D eigenvalue weighted by Crippen LogP contribution is 2.23. The van der Waals surface area contributed by atoms with E-state index in [9.17, 15) is 17.6 Å². The Morgan fingerprint density at radius 1 is 1.41 bits per heavy atom. The van der Waals surface area contributed by atoms with E-state index in [2.05, 4.69) is 0 Å². The van der Waals surface area contributed by atoms with Gasteiger partial charge in [-0.05, 0) is 43.4 Å². The van der Waals surface area contributed by atoms with Crippen molar-refractivity contribution in [3.63, 3.8) is 0 Å². The fraction of sp³-hybridized carbons (Fsp3) is 0.650. The zero-order valence-electron chi connectivity index (χ0n) is 35.9. The van der Waals surface area contributed by atoms with Crippen molar-refractivity contribution in [3.8, 4) is 0 Å². The summed E-state index contributed by atoms with van der Waals surface area (Å²) in [6.45, 7) is -19.8. The summed E-state index contributed by atoms with van der Waals surface area (Å²) in [6.07, 6.45) is -1.38. The second kappa shape index (κ2) is 10.9. The molecule has 4 unspecified atom stereocenters. The molecule has 1 heterocycles. The van der Waals surface area contributed by atoms with Crippen molar-refractivity contribution in [2.24, 2.45) is 5.89 Å². The summed E-state index contributed by atoms with van der Waals surface area (Å²) in [5, 5.41) is -0.384. The van der Waals surface area contributed by atoms with Crippen molar-refractivity contribution in [2.45, 2.75) is 33.4 Å². The first-order chi connectivity index (χ1) is 22.2. The van der Waals surface area contributed by atoms with E-state index in [-0.39, 0.29) is 5.31 Å². The summed E-state index contributed by atoms with van der Waals surface area (Å²) in [7, 11) is -6.00. The number of halogens is 1. The van der Waals surface area contributed by atoms with Crippen molar-refractivity contribution >= 4 is 27.3 Å². The second-order valence-electron chi connectivity index (χ2n) is 5.52. The molecule has 2 rings (SSSR count). The van der Waals surface area contributed by atoms with Crippen LogP contribution in [0, 0.1) is 11.7 Å². The molecule has 0 aliphatic carbocycles. The van der Waals surface area contributed by atoms with Gasteiger partial charge in [0, 0.05) is 72.8 Å². The molecule has 0 spiro atoms. The molecule has 0 bridgehead atoms. The fourth-order valence-electron chi connectivity index (χ4n) is 2.20. The van der Waals surface area contributed by atoms with Crippen LogP contribution in [0.15, 0.2) is 18.1 Å². The van der Waals surface area contributed by atoms with Gasteiger partial charge >= 0.3 is 0 Å². The number of piperazine rings is 1. The number of rotatable bonds is 10. The third-order valence-corrected chi connectivity index (χ3v) is 4.22. The van der Waals surface area contributed by atoms with Crippen LogP contribution >= 0.6 is 0 Å². The molecule has 0 aromatic heterocycles. The number of benzene rings is 1. The minimum absolute atomic E-state index is 0.384. The lowest BCUT2D eigenvalue weighted by molar-refractivity contribution is -0.114. The Balaban J connectivity index is 2.32. The van der Waals surface area contributed by atoms with Crippen LogP contribution in [0.25, 0.3) is 0 Å². The van der Waals surface area contributed by atoms with Crippen molar-refractivity contribution in [2.75, 3.05) is 55.1 Å². The van der Waals surface area contributed by atoms with Crippen LogP contribution in [0.2, 0.25) is 2.82 Å². The number of amides is 1. The van der Waals surface area contributed by atoms with E-state index in [0.717, 1.165) is 9.80 Å². The molecule has 2 N–H and O–H groups in total. The lowest BCUT2D eigenvalue weighted by Gasteiger charge is -2.36. The first kappa shape index (κ1) is 7.76. The number of carbonyl (C=O) groups excluding carboxylic acids is 1. The number of hydrogen-bond acceptors (Lipinski definition) is 5. The first-order valence-electron chi connectivity index (χ1n) is 18.8. The number of hydrogen-bond donors (Lipinski definition) is 2. The van der Waals surface area contributed by atoms with Gasteiger partial charge < -0.3 is 10.2 Å². The van der Waals surface area contributed by atoms with Gasteiger partial charge in [-0.25, -0.2) is 17.5 Å². The van der Waals surface area contributed by atoms with E-state index >= 15 is 0 Å². The zero-order valence-corrected chi connectivity index (χ0v) is 15.8. The Kier molecular flexibility index (Phi) is 2.92. The van der Waals surface area contributed by atoms with Crippen LogP contribution < -0.4 is 14.9 Å². The normalized spacial score (nSPS) is 35.8. The van der Waals surface area contributed by atoms with Gasteiger partial charge in [0.15, 0.2) is 1.41 Å². The van der Waals surface area contributed by atoms with E-state index in [1.807, 2.05) is 0 Å². The number of nitrogens with one attached hydrogen (secondary N) is 2. The maximum atomic E-state index is 14.9. The predicted molar refractivity (Wildman–Crippen MR) is 115 cm³/mol. The average molecular weight is 450 g/mol. The van der Waals surface area contributed by atoms with E-state index in [4.69, 9.17) is 28.9 Å². The van der Waals surface area contributed by atoms with E-state index in [1.54, 1.807) is 0 Å². The highest BCUT2D eigenvalue weighted by Gasteiger charge is 2.18. The van der Waals surface area contributed by atoms with Gasteiger partial charge in [0.1, 0.15) is 7.23 Å². The topological polar surface area (TPSA) is 81.8 Å². The quantitative estimate of drug-likeness (QED) is 0.573. The SMILES string of the molecule is [2H]c1c(F)c([2H])c(N([2H])C(=O)C([2H])([2H])[2H])c([2H])c1N1CC([2H])N(C([2H])CCC([2H])N([2H])S(=O)(=O)C([2H])([2H])C([2H])(C([2H])([2H])[2H])C([2H])([2H])[2H])C([2H])C1. The van der Waals surface area contributed by atoms with Crippen molar-refractivity contribution in [1.29, 1.82) is 0 Å². The minimum atomic E-state index is -6.00.